The van der Waals surface area contributed by atoms with Crippen molar-refractivity contribution in [2.45, 2.75) is 25.0 Å². The molecule has 1 aliphatic heterocycles. The molecule has 0 saturated carbocycles. The number of fused-ring (bicyclic) bond motifs is 3. The van der Waals surface area contributed by atoms with Gasteiger partial charge in [0.15, 0.2) is 11.5 Å². The summed E-state index contributed by atoms with van der Waals surface area (Å²) in [7, 11) is 1.67. The van der Waals surface area contributed by atoms with E-state index in [9.17, 15) is 0 Å². The van der Waals surface area contributed by atoms with Gasteiger partial charge in [-0.05, 0) is 79.6 Å². The number of hydrogen-bond donors (Lipinski definition) is 1. The molecular formula is C26H22Br2ClNO2. The van der Waals surface area contributed by atoms with Crippen LogP contribution < -0.4 is 14.8 Å². The van der Waals surface area contributed by atoms with E-state index < -0.39 is 0 Å². The number of halogens is 3. The van der Waals surface area contributed by atoms with E-state index in [-0.39, 0.29) is 6.04 Å². The molecule has 0 unspecified atom stereocenters. The maximum atomic E-state index is 6.30. The van der Waals surface area contributed by atoms with Crippen LogP contribution in [0.1, 0.15) is 35.1 Å². The molecule has 1 heterocycles. The second-order valence-electron chi connectivity index (χ2n) is 8.09. The lowest BCUT2D eigenvalue weighted by Crippen LogP contribution is -2.29. The number of para-hydroxylation sites is 1. The Balaban J connectivity index is 1.48. The minimum Gasteiger partial charge on any atom is -0.493 e. The Kier molecular flexibility index (Phi) is 6.24. The molecule has 2 aliphatic rings. The first-order valence-electron chi connectivity index (χ1n) is 10.5. The second kappa shape index (κ2) is 9.12. The lowest BCUT2D eigenvalue weighted by atomic mass is 9.77. The van der Waals surface area contributed by atoms with Crippen LogP contribution in [0, 0.1) is 5.92 Å². The van der Waals surface area contributed by atoms with E-state index in [1.165, 1.54) is 16.8 Å². The molecule has 0 spiro atoms. The summed E-state index contributed by atoms with van der Waals surface area (Å²) in [5.74, 6) is 2.22. The maximum Gasteiger partial charge on any atom is 0.175 e. The predicted molar refractivity (Wildman–Crippen MR) is 137 cm³/mol. The van der Waals surface area contributed by atoms with Crippen LogP contribution in [-0.4, -0.2) is 7.11 Å². The fourth-order valence-corrected chi connectivity index (χ4v) is 6.00. The third kappa shape index (κ3) is 3.95. The summed E-state index contributed by atoms with van der Waals surface area (Å²) >= 11 is 13.8. The topological polar surface area (TPSA) is 30.5 Å². The van der Waals surface area contributed by atoms with E-state index in [1.54, 1.807) is 7.11 Å². The van der Waals surface area contributed by atoms with Crippen LogP contribution in [0.25, 0.3) is 0 Å². The molecule has 0 aromatic heterocycles. The Morgan fingerprint density at radius 3 is 2.72 bits per heavy atom. The quantitative estimate of drug-likeness (QED) is 0.311. The fourth-order valence-electron chi connectivity index (χ4n) is 4.74. The van der Waals surface area contributed by atoms with Crippen LogP contribution >= 0.6 is 43.5 Å². The zero-order valence-electron chi connectivity index (χ0n) is 17.4. The van der Waals surface area contributed by atoms with Crippen molar-refractivity contribution in [2.24, 2.45) is 5.92 Å². The highest BCUT2D eigenvalue weighted by atomic mass is 79.9. The van der Waals surface area contributed by atoms with E-state index in [0.717, 1.165) is 20.9 Å². The molecule has 0 saturated heterocycles. The molecule has 3 aromatic carbocycles. The Morgan fingerprint density at radius 2 is 1.91 bits per heavy atom. The van der Waals surface area contributed by atoms with Crippen LogP contribution in [0.15, 0.2) is 75.7 Å². The van der Waals surface area contributed by atoms with Crippen LogP contribution in [0.5, 0.6) is 11.5 Å². The lowest BCUT2D eigenvalue weighted by molar-refractivity contribution is 0.282. The molecule has 0 amide bonds. The van der Waals surface area contributed by atoms with Gasteiger partial charge in [-0.3, -0.25) is 0 Å². The molecule has 3 atom stereocenters. The fraction of sp³-hybridized carbons (Fsp3) is 0.231. The molecular weight excluding hydrogens is 554 g/mol. The van der Waals surface area contributed by atoms with Gasteiger partial charge in [0.05, 0.1) is 23.3 Å². The van der Waals surface area contributed by atoms with Crippen LogP contribution in [0.4, 0.5) is 5.69 Å². The second-order valence-corrected chi connectivity index (χ2v) is 10.2. The van der Waals surface area contributed by atoms with Gasteiger partial charge in [-0.25, -0.2) is 0 Å². The maximum absolute atomic E-state index is 6.30. The molecule has 6 heteroatoms. The van der Waals surface area contributed by atoms with Gasteiger partial charge < -0.3 is 14.8 Å². The highest BCUT2D eigenvalue weighted by Gasteiger charge is 2.39. The van der Waals surface area contributed by atoms with Gasteiger partial charge in [-0.15, -0.1) is 0 Å². The first-order valence-corrected chi connectivity index (χ1v) is 12.5. The average molecular weight is 576 g/mol. The molecule has 1 aliphatic carbocycles. The highest BCUT2D eigenvalue weighted by Crippen LogP contribution is 2.52. The summed E-state index contributed by atoms with van der Waals surface area (Å²) in [6.07, 6.45) is 5.68. The van der Waals surface area contributed by atoms with Gasteiger partial charge in [0, 0.05) is 21.0 Å². The lowest BCUT2D eigenvalue weighted by Gasteiger charge is -2.38. The van der Waals surface area contributed by atoms with Crippen molar-refractivity contribution in [1.82, 2.24) is 0 Å². The number of rotatable bonds is 5. The SMILES string of the molecule is COc1cc([C@@H]2Nc3c(Br)cccc3[C@@H]3C=CC[C@@H]32)cc(Br)c1OCc1ccccc1Cl. The molecule has 32 heavy (non-hydrogen) atoms. The normalized spacial score (nSPS) is 20.9. The monoisotopic (exact) mass is 573 g/mol. The van der Waals surface area contributed by atoms with Gasteiger partial charge in [-0.2, -0.15) is 0 Å². The summed E-state index contributed by atoms with van der Waals surface area (Å²) in [6.45, 7) is 0.366. The van der Waals surface area contributed by atoms with Crippen LogP contribution in [0.3, 0.4) is 0 Å². The summed E-state index contributed by atoms with van der Waals surface area (Å²) in [6, 6.07) is 18.5. The largest absolute Gasteiger partial charge is 0.493 e. The predicted octanol–water partition coefficient (Wildman–Crippen LogP) is 8.28. The molecule has 164 valence electrons. The number of methoxy groups -OCH3 is 1. The van der Waals surface area contributed by atoms with Crippen molar-refractivity contribution in [3.05, 3.63) is 97.4 Å². The minimum atomic E-state index is 0.156. The highest BCUT2D eigenvalue weighted by molar-refractivity contribution is 9.11. The third-order valence-electron chi connectivity index (χ3n) is 6.29. The van der Waals surface area contributed by atoms with E-state index >= 15 is 0 Å². The number of ether oxygens (including phenoxy) is 2. The number of nitrogens with one attached hydrogen (secondary N) is 1. The molecule has 3 nitrogen and oxygen atoms in total. The van der Waals surface area contributed by atoms with Gasteiger partial charge in [0.25, 0.3) is 0 Å². The van der Waals surface area contributed by atoms with Crippen molar-refractivity contribution >= 4 is 49.1 Å². The number of benzene rings is 3. The van der Waals surface area contributed by atoms with Crippen molar-refractivity contribution in [2.75, 3.05) is 12.4 Å². The van der Waals surface area contributed by atoms with Crippen LogP contribution in [-0.2, 0) is 6.61 Å². The summed E-state index contributed by atoms with van der Waals surface area (Å²) < 4.78 is 13.8. The van der Waals surface area contributed by atoms with E-state index in [2.05, 4.69) is 79.7 Å². The van der Waals surface area contributed by atoms with Crippen LogP contribution in [0.2, 0.25) is 5.02 Å². The zero-order chi connectivity index (χ0) is 22.2. The molecule has 0 radical (unpaired) electrons. The first-order chi connectivity index (χ1) is 15.6. The zero-order valence-corrected chi connectivity index (χ0v) is 21.4. The number of anilines is 1. The smallest absolute Gasteiger partial charge is 0.175 e. The summed E-state index contributed by atoms with van der Waals surface area (Å²) in [5, 5.41) is 4.48. The van der Waals surface area contributed by atoms with E-state index in [1.807, 2.05) is 24.3 Å². The van der Waals surface area contributed by atoms with Crippen molar-refractivity contribution < 1.29 is 9.47 Å². The molecule has 3 aromatic rings. The average Bonchev–Trinajstić information content (AvgIpc) is 3.29. The van der Waals surface area contributed by atoms with Crippen molar-refractivity contribution in [1.29, 1.82) is 0 Å². The van der Waals surface area contributed by atoms with Gasteiger partial charge in [-0.1, -0.05) is 54.1 Å². The number of allylic oxidation sites excluding steroid dienone is 2. The standard InChI is InChI=1S/C26H22Br2ClNO2/c1-31-23-13-16(12-21(28)26(23)32-14-15-6-2-3-11-22(15)29)24-18-8-4-7-17(18)19-9-5-10-20(27)25(19)30-24/h2-7,9-13,17-18,24,30H,8,14H2,1H3/t17-,18+,24+/m1/s1. The molecule has 5 rings (SSSR count). The Hall–Kier alpha value is -1.95. The van der Waals surface area contributed by atoms with Gasteiger partial charge in [0.2, 0.25) is 0 Å². The Bertz CT molecular complexity index is 1200. The van der Waals surface area contributed by atoms with Crippen molar-refractivity contribution in [3.8, 4) is 11.5 Å². The van der Waals surface area contributed by atoms with Gasteiger partial charge >= 0.3 is 0 Å². The summed E-state index contributed by atoms with van der Waals surface area (Å²) in [5.41, 5.74) is 4.61. The molecule has 1 N–H and O–H groups in total. The Morgan fingerprint density at radius 1 is 1.06 bits per heavy atom. The van der Waals surface area contributed by atoms with Crippen molar-refractivity contribution in [3.63, 3.8) is 0 Å². The summed E-state index contributed by atoms with van der Waals surface area (Å²) in [4.78, 5) is 0. The Labute approximate surface area is 210 Å². The van der Waals surface area contributed by atoms with E-state index in [0.29, 0.717) is 35.0 Å². The third-order valence-corrected chi connectivity index (χ3v) is 7.91. The van der Waals surface area contributed by atoms with E-state index in [4.69, 9.17) is 21.1 Å². The minimum absolute atomic E-state index is 0.156. The molecule has 0 fully saturated rings. The first kappa shape index (κ1) is 21.9. The number of hydrogen-bond acceptors (Lipinski definition) is 3. The molecule has 0 bridgehead atoms. The van der Waals surface area contributed by atoms with Gasteiger partial charge in [0.1, 0.15) is 6.61 Å².